The van der Waals surface area contributed by atoms with Crippen LogP contribution in [0.5, 0.6) is 0 Å². The van der Waals surface area contributed by atoms with Crippen molar-refractivity contribution in [3.05, 3.63) is 40.2 Å². The number of furan rings is 1. The number of hydrogen-bond donors (Lipinski definition) is 0. The molecule has 24 heavy (non-hydrogen) atoms. The Morgan fingerprint density at radius 3 is 3.04 bits per heavy atom. The highest BCUT2D eigenvalue weighted by Gasteiger charge is 2.36. The second-order valence-corrected chi connectivity index (χ2v) is 8.02. The van der Waals surface area contributed by atoms with Gasteiger partial charge in [-0.05, 0) is 43.7 Å². The Morgan fingerprint density at radius 2 is 2.29 bits per heavy atom. The van der Waals surface area contributed by atoms with Gasteiger partial charge in [-0.2, -0.15) is 0 Å². The molecule has 0 spiro atoms. The number of amides is 1. The molecule has 1 amide bonds. The fourth-order valence-electron chi connectivity index (χ4n) is 3.71. The largest absolute Gasteiger partial charge is 0.466 e. The molecule has 2 fully saturated rings. The van der Waals surface area contributed by atoms with Crippen molar-refractivity contribution >= 4 is 17.2 Å². The summed E-state index contributed by atoms with van der Waals surface area (Å²) in [6.07, 6.45) is 7.59. The number of carbonyl (C=O) groups is 1. The third-order valence-electron chi connectivity index (χ3n) is 5.30. The van der Waals surface area contributed by atoms with E-state index in [1.807, 2.05) is 22.5 Å². The van der Waals surface area contributed by atoms with Gasteiger partial charge in [0.2, 0.25) is 5.91 Å². The molecule has 5 heteroatoms. The maximum Gasteiger partial charge on any atom is 0.223 e. The Hall–Kier alpha value is -1.62. The lowest BCUT2D eigenvalue weighted by molar-refractivity contribution is -0.135. The van der Waals surface area contributed by atoms with Crippen molar-refractivity contribution in [3.8, 4) is 0 Å². The topological polar surface area (TPSA) is 46.3 Å². The molecule has 2 aromatic rings. The molecule has 128 valence electrons. The van der Waals surface area contributed by atoms with Crippen molar-refractivity contribution in [2.24, 2.45) is 5.92 Å². The van der Waals surface area contributed by atoms with E-state index in [9.17, 15) is 4.79 Å². The predicted molar refractivity (Wildman–Crippen MR) is 94.0 cm³/mol. The number of piperidine rings is 1. The Balaban J connectivity index is 1.37. The van der Waals surface area contributed by atoms with E-state index in [1.54, 1.807) is 11.3 Å². The Labute approximate surface area is 146 Å². The monoisotopic (exact) mass is 344 g/mol. The first-order valence-electron chi connectivity index (χ1n) is 9.00. The number of hydrogen-bond acceptors (Lipinski definition) is 4. The molecule has 3 atom stereocenters. The standard InChI is InChI=1S/C19H24N2O2S/c1-13-12-15(13)17-7-5-14(23-17)6-8-18(22)21-10-3-2-4-16(21)19-20-9-11-24-19/h5,7,9,11,13,15-16H,2-4,6,8,10,12H2,1H3/t13-,15+,16+/m1/s1. The maximum atomic E-state index is 12.7. The normalized spacial score (nSPS) is 26.5. The van der Waals surface area contributed by atoms with Gasteiger partial charge in [0.25, 0.3) is 0 Å². The van der Waals surface area contributed by atoms with E-state index in [2.05, 4.69) is 18.0 Å². The van der Waals surface area contributed by atoms with Crippen molar-refractivity contribution in [1.82, 2.24) is 9.88 Å². The second kappa shape index (κ2) is 6.71. The van der Waals surface area contributed by atoms with Crippen molar-refractivity contribution in [2.75, 3.05) is 6.54 Å². The fourth-order valence-corrected chi connectivity index (χ4v) is 4.49. The van der Waals surface area contributed by atoms with E-state index >= 15 is 0 Å². The van der Waals surface area contributed by atoms with Crippen molar-refractivity contribution in [2.45, 2.75) is 57.4 Å². The van der Waals surface area contributed by atoms with Gasteiger partial charge in [0, 0.05) is 36.9 Å². The summed E-state index contributed by atoms with van der Waals surface area (Å²) in [5, 5.41) is 3.07. The molecule has 0 radical (unpaired) electrons. The summed E-state index contributed by atoms with van der Waals surface area (Å²) >= 11 is 1.66. The van der Waals surface area contributed by atoms with Gasteiger partial charge in [0.15, 0.2) is 0 Å². The molecular formula is C19H24N2O2S. The molecule has 0 N–H and O–H groups in total. The highest BCUT2D eigenvalue weighted by molar-refractivity contribution is 7.09. The van der Waals surface area contributed by atoms with E-state index in [-0.39, 0.29) is 11.9 Å². The molecule has 2 aromatic heterocycles. The van der Waals surface area contributed by atoms with Gasteiger partial charge in [-0.25, -0.2) is 4.98 Å². The van der Waals surface area contributed by atoms with E-state index in [4.69, 9.17) is 4.42 Å². The first-order valence-corrected chi connectivity index (χ1v) is 9.88. The third-order valence-corrected chi connectivity index (χ3v) is 6.18. The number of thiazole rings is 1. The lowest BCUT2D eigenvalue weighted by atomic mass is 10.0. The number of likely N-dealkylation sites (tertiary alicyclic amines) is 1. The van der Waals surface area contributed by atoms with Crippen LogP contribution in [0.25, 0.3) is 0 Å². The lowest BCUT2D eigenvalue weighted by Gasteiger charge is -2.34. The Bertz CT molecular complexity index is 694. The molecule has 1 aliphatic heterocycles. The summed E-state index contributed by atoms with van der Waals surface area (Å²) in [6, 6.07) is 4.31. The summed E-state index contributed by atoms with van der Waals surface area (Å²) in [5.41, 5.74) is 0. The van der Waals surface area contributed by atoms with Crippen LogP contribution in [0.4, 0.5) is 0 Å². The molecule has 2 aliphatic rings. The van der Waals surface area contributed by atoms with Crippen LogP contribution < -0.4 is 0 Å². The van der Waals surface area contributed by atoms with Crippen LogP contribution in [0, 0.1) is 5.92 Å². The minimum Gasteiger partial charge on any atom is -0.466 e. The average Bonchev–Trinajstić information content (AvgIpc) is 3.03. The van der Waals surface area contributed by atoms with Crippen LogP contribution in [-0.4, -0.2) is 22.3 Å². The van der Waals surface area contributed by atoms with Gasteiger partial charge < -0.3 is 9.32 Å². The quantitative estimate of drug-likeness (QED) is 0.799. The first kappa shape index (κ1) is 15.9. The molecule has 0 aromatic carbocycles. The Kier molecular flexibility index (Phi) is 4.44. The van der Waals surface area contributed by atoms with Crippen molar-refractivity contribution in [1.29, 1.82) is 0 Å². The summed E-state index contributed by atoms with van der Waals surface area (Å²) in [5.74, 6) is 3.63. The zero-order valence-electron chi connectivity index (χ0n) is 14.1. The molecule has 3 heterocycles. The first-order chi connectivity index (χ1) is 11.7. The molecule has 0 unspecified atom stereocenters. The number of aryl methyl sites for hydroxylation is 1. The van der Waals surface area contributed by atoms with Gasteiger partial charge in [0.1, 0.15) is 16.5 Å². The van der Waals surface area contributed by atoms with Crippen LogP contribution >= 0.6 is 11.3 Å². The van der Waals surface area contributed by atoms with E-state index in [1.165, 1.54) is 12.8 Å². The number of aromatic nitrogens is 1. The number of carbonyl (C=O) groups excluding carboxylic acids is 1. The summed E-state index contributed by atoms with van der Waals surface area (Å²) in [6.45, 7) is 3.11. The van der Waals surface area contributed by atoms with Crippen LogP contribution in [-0.2, 0) is 11.2 Å². The van der Waals surface area contributed by atoms with Gasteiger partial charge in [-0.3, -0.25) is 4.79 Å². The zero-order valence-corrected chi connectivity index (χ0v) is 14.9. The van der Waals surface area contributed by atoms with Gasteiger partial charge in [-0.15, -0.1) is 11.3 Å². The second-order valence-electron chi connectivity index (χ2n) is 7.09. The molecule has 1 aliphatic carbocycles. The highest BCUT2D eigenvalue weighted by atomic mass is 32.1. The summed E-state index contributed by atoms with van der Waals surface area (Å²) < 4.78 is 5.93. The summed E-state index contributed by atoms with van der Waals surface area (Å²) in [7, 11) is 0. The van der Waals surface area contributed by atoms with E-state index < -0.39 is 0 Å². The van der Waals surface area contributed by atoms with Gasteiger partial charge >= 0.3 is 0 Å². The highest BCUT2D eigenvalue weighted by Crippen LogP contribution is 2.47. The fraction of sp³-hybridized carbons (Fsp3) is 0.579. The Morgan fingerprint density at radius 1 is 1.42 bits per heavy atom. The predicted octanol–water partition coefficient (Wildman–Crippen LogP) is 4.55. The smallest absolute Gasteiger partial charge is 0.223 e. The van der Waals surface area contributed by atoms with E-state index in [0.29, 0.717) is 18.8 Å². The van der Waals surface area contributed by atoms with Crippen LogP contribution in [0.2, 0.25) is 0 Å². The van der Waals surface area contributed by atoms with Gasteiger partial charge in [-0.1, -0.05) is 6.92 Å². The SMILES string of the molecule is C[C@@H]1C[C@@H]1c1ccc(CCC(=O)N2CCCC[C@H]2c2nccs2)o1. The van der Waals surface area contributed by atoms with Crippen LogP contribution in [0.1, 0.15) is 67.5 Å². The molecule has 4 nitrogen and oxygen atoms in total. The summed E-state index contributed by atoms with van der Waals surface area (Å²) in [4.78, 5) is 19.2. The lowest BCUT2D eigenvalue weighted by Crippen LogP contribution is -2.38. The molecule has 1 saturated heterocycles. The van der Waals surface area contributed by atoms with Crippen LogP contribution in [0.15, 0.2) is 28.1 Å². The number of rotatable bonds is 5. The molecule has 1 saturated carbocycles. The molecule has 4 rings (SSSR count). The minimum absolute atomic E-state index is 0.172. The van der Waals surface area contributed by atoms with E-state index in [0.717, 1.165) is 41.8 Å². The number of nitrogens with zero attached hydrogens (tertiary/aromatic N) is 2. The molecule has 0 bridgehead atoms. The van der Waals surface area contributed by atoms with Crippen LogP contribution in [0.3, 0.4) is 0 Å². The zero-order chi connectivity index (χ0) is 16.5. The van der Waals surface area contributed by atoms with Crippen molar-refractivity contribution in [3.63, 3.8) is 0 Å². The van der Waals surface area contributed by atoms with Gasteiger partial charge in [0.05, 0.1) is 6.04 Å². The maximum absolute atomic E-state index is 12.7. The molecular weight excluding hydrogens is 320 g/mol. The van der Waals surface area contributed by atoms with Crippen molar-refractivity contribution < 1.29 is 9.21 Å². The third kappa shape index (κ3) is 3.27. The minimum atomic E-state index is 0.172. The average molecular weight is 344 g/mol.